The molecule has 2 amide bonds. The second kappa shape index (κ2) is 11.1. The van der Waals surface area contributed by atoms with Crippen molar-refractivity contribution in [1.82, 2.24) is 5.32 Å². The molecule has 0 saturated heterocycles. The van der Waals surface area contributed by atoms with Crippen molar-refractivity contribution < 1.29 is 19.1 Å². The fourth-order valence-electron chi connectivity index (χ4n) is 2.46. The van der Waals surface area contributed by atoms with Gasteiger partial charge in [-0.25, -0.2) is 0 Å². The fourth-order valence-corrected chi connectivity index (χ4v) is 2.46. The Labute approximate surface area is 166 Å². The molecule has 6 nitrogen and oxygen atoms in total. The van der Waals surface area contributed by atoms with Crippen LogP contribution in [0.3, 0.4) is 0 Å². The molecule has 6 heteroatoms. The van der Waals surface area contributed by atoms with E-state index in [1.54, 1.807) is 49.6 Å². The molecular weight excluding hydrogens is 356 g/mol. The number of hydrogen-bond acceptors (Lipinski definition) is 4. The maximum Gasteiger partial charge on any atom is 0.259 e. The molecule has 0 bridgehead atoms. The van der Waals surface area contributed by atoms with Crippen molar-refractivity contribution in [1.29, 1.82) is 0 Å². The summed E-state index contributed by atoms with van der Waals surface area (Å²) in [5.74, 6) is 0.664. The summed E-state index contributed by atoms with van der Waals surface area (Å²) in [4.78, 5) is 24.6. The lowest BCUT2D eigenvalue weighted by molar-refractivity contribution is 0.0936. The van der Waals surface area contributed by atoms with E-state index >= 15 is 0 Å². The van der Waals surface area contributed by atoms with E-state index in [1.807, 2.05) is 6.07 Å². The van der Waals surface area contributed by atoms with E-state index in [0.717, 1.165) is 6.42 Å². The van der Waals surface area contributed by atoms with Gasteiger partial charge in [0.1, 0.15) is 5.75 Å². The summed E-state index contributed by atoms with van der Waals surface area (Å²) in [5, 5.41) is 5.60. The minimum atomic E-state index is -0.252. The van der Waals surface area contributed by atoms with E-state index < -0.39 is 0 Å². The Morgan fingerprint density at radius 3 is 2.36 bits per heavy atom. The molecule has 0 aromatic heterocycles. The number of hydrogen-bond donors (Lipinski definition) is 2. The Morgan fingerprint density at radius 2 is 1.68 bits per heavy atom. The predicted molar refractivity (Wildman–Crippen MR) is 110 cm³/mol. The predicted octanol–water partition coefficient (Wildman–Crippen LogP) is 3.74. The van der Waals surface area contributed by atoms with Crippen LogP contribution in [0.5, 0.6) is 5.75 Å². The lowest BCUT2D eigenvalue weighted by Crippen LogP contribution is -2.26. The first-order valence-electron chi connectivity index (χ1n) is 9.41. The quantitative estimate of drug-likeness (QED) is 0.612. The van der Waals surface area contributed by atoms with Gasteiger partial charge in [0.2, 0.25) is 0 Å². The van der Waals surface area contributed by atoms with Gasteiger partial charge in [0, 0.05) is 24.9 Å². The topological polar surface area (TPSA) is 76.7 Å². The van der Waals surface area contributed by atoms with Gasteiger partial charge in [-0.15, -0.1) is 0 Å². The summed E-state index contributed by atoms with van der Waals surface area (Å²) in [6, 6.07) is 13.9. The molecule has 0 aliphatic carbocycles. The molecule has 2 rings (SSSR count). The molecule has 0 saturated carbocycles. The van der Waals surface area contributed by atoms with Crippen molar-refractivity contribution in [3.63, 3.8) is 0 Å². The number of benzene rings is 2. The summed E-state index contributed by atoms with van der Waals surface area (Å²) >= 11 is 0. The summed E-state index contributed by atoms with van der Waals surface area (Å²) in [5.41, 5.74) is 1.61. The third kappa shape index (κ3) is 6.70. The number of methoxy groups -OCH3 is 1. The molecular formula is C22H28N2O4. The minimum Gasteiger partial charge on any atom is -0.493 e. The molecule has 0 radical (unpaired) electrons. The highest BCUT2D eigenvalue weighted by Crippen LogP contribution is 2.20. The van der Waals surface area contributed by atoms with Gasteiger partial charge in [0.15, 0.2) is 0 Å². The van der Waals surface area contributed by atoms with Gasteiger partial charge in [-0.05, 0) is 48.7 Å². The van der Waals surface area contributed by atoms with Crippen LogP contribution in [-0.2, 0) is 4.74 Å². The summed E-state index contributed by atoms with van der Waals surface area (Å²) < 4.78 is 10.7. The number of amides is 2. The molecule has 0 aliphatic rings. The van der Waals surface area contributed by atoms with Crippen molar-refractivity contribution in [2.45, 2.75) is 20.3 Å². The van der Waals surface area contributed by atoms with E-state index in [-0.39, 0.29) is 11.8 Å². The van der Waals surface area contributed by atoms with Gasteiger partial charge < -0.3 is 20.1 Å². The van der Waals surface area contributed by atoms with Crippen molar-refractivity contribution in [3.05, 3.63) is 59.7 Å². The van der Waals surface area contributed by atoms with Crippen LogP contribution in [0.15, 0.2) is 48.5 Å². The summed E-state index contributed by atoms with van der Waals surface area (Å²) in [6.45, 7) is 5.72. The zero-order valence-corrected chi connectivity index (χ0v) is 16.7. The molecule has 28 heavy (non-hydrogen) atoms. The Balaban J connectivity index is 1.98. The van der Waals surface area contributed by atoms with Crippen molar-refractivity contribution in [3.8, 4) is 5.75 Å². The van der Waals surface area contributed by atoms with Gasteiger partial charge in [0.05, 0.1) is 18.8 Å². The normalized spacial score (nSPS) is 10.6. The number of carbonyl (C=O) groups excluding carboxylic acids is 2. The molecule has 2 N–H and O–H groups in total. The number of anilines is 1. The first-order chi connectivity index (χ1) is 13.5. The SMILES string of the molecule is COCCNC(=O)c1ccc(NC(=O)c2ccccc2OCCC(C)C)cc1. The molecule has 0 fully saturated rings. The number of para-hydroxylation sites is 1. The Kier molecular flexibility index (Phi) is 8.49. The Morgan fingerprint density at radius 1 is 0.964 bits per heavy atom. The second-order valence-corrected chi connectivity index (χ2v) is 6.81. The zero-order chi connectivity index (χ0) is 20.4. The maximum absolute atomic E-state index is 12.6. The van der Waals surface area contributed by atoms with Gasteiger partial charge in [-0.3, -0.25) is 9.59 Å². The molecule has 2 aromatic rings. The van der Waals surface area contributed by atoms with E-state index in [0.29, 0.717) is 48.2 Å². The molecule has 0 unspecified atom stereocenters. The summed E-state index contributed by atoms with van der Waals surface area (Å²) in [7, 11) is 1.58. The van der Waals surface area contributed by atoms with E-state index in [2.05, 4.69) is 24.5 Å². The Bertz CT molecular complexity index is 772. The smallest absolute Gasteiger partial charge is 0.259 e. The molecule has 0 heterocycles. The Hall–Kier alpha value is -2.86. The van der Waals surface area contributed by atoms with Crippen molar-refractivity contribution in [2.75, 3.05) is 32.2 Å². The number of ether oxygens (including phenoxy) is 2. The molecule has 0 spiro atoms. The van der Waals surface area contributed by atoms with Crippen LogP contribution in [0.25, 0.3) is 0 Å². The van der Waals surface area contributed by atoms with Crippen LogP contribution in [0.1, 0.15) is 41.0 Å². The minimum absolute atomic E-state index is 0.182. The highest BCUT2D eigenvalue weighted by molar-refractivity contribution is 6.06. The van der Waals surface area contributed by atoms with Crippen LogP contribution in [0.2, 0.25) is 0 Å². The van der Waals surface area contributed by atoms with Gasteiger partial charge in [-0.1, -0.05) is 26.0 Å². The van der Waals surface area contributed by atoms with Crippen LogP contribution in [0.4, 0.5) is 5.69 Å². The number of carbonyl (C=O) groups is 2. The van der Waals surface area contributed by atoms with Gasteiger partial charge in [0.25, 0.3) is 11.8 Å². The van der Waals surface area contributed by atoms with Crippen LogP contribution < -0.4 is 15.4 Å². The van der Waals surface area contributed by atoms with E-state index in [9.17, 15) is 9.59 Å². The lowest BCUT2D eigenvalue weighted by Gasteiger charge is -2.13. The first kappa shape index (κ1) is 21.4. The molecule has 150 valence electrons. The summed E-state index contributed by atoms with van der Waals surface area (Å²) in [6.07, 6.45) is 0.920. The fraction of sp³-hybridized carbons (Fsp3) is 0.364. The highest BCUT2D eigenvalue weighted by atomic mass is 16.5. The molecule has 0 atom stereocenters. The standard InChI is InChI=1S/C22H28N2O4/c1-16(2)12-14-28-20-7-5-4-6-19(20)22(26)24-18-10-8-17(9-11-18)21(25)23-13-15-27-3/h4-11,16H,12-15H2,1-3H3,(H,23,25)(H,24,26). The molecule has 2 aromatic carbocycles. The van der Waals surface area contributed by atoms with Crippen molar-refractivity contribution in [2.24, 2.45) is 5.92 Å². The lowest BCUT2D eigenvalue weighted by atomic mass is 10.1. The average Bonchev–Trinajstić information content (AvgIpc) is 2.68. The highest BCUT2D eigenvalue weighted by Gasteiger charge is 2.13. The first-order valence-corrected chi connectivity index (χ1v) is 9.41. The third-order valence-corrected chi connectivity index (χ3v) is 4.08. The van der Waals surface area contributed by atoms with Crippen molar-refractivity contribution >= 4 is 17.5 Å². The molecule has 0 aliphatic heterocycles. The van der Waals surface area contributed by atoms with E-state index in [1.165, 1.54) is 0 Å². The maximum atomic E-state index is 12.6. The van der Waals surface area contributed by atoms with Gasteiger partial charge >= 0.3 is 0 Å². The largest absolute Gasteiger partial charge is 0.493 e. The third-order valence-electron chi connectivity index (χ3n) is 4.08. The van der Waals surface area contributed by atoms with Crippen LogP contribution in [-0.4, -0.2) is 38.7 Å². The second-order valence-electron chi connectivity index (χ2n) is 6.81. The van der Waals surface area contributed by atoms with Crippen LogP contribution in [0, 0.1) is 5.92 Å². The number of rotatable bonds is 10. The van der Waals surface area contributed by atoms with Crippen LogP contribution >= 0.6 is 0 Å². The average molecular weight is 384 g/mol. The van der Waals surface area contributed by atoms with Gasteiger partial charge in [-0.2, -0.15) is 0 Å². The zero-order valence-electron chi connectivity index (χ0n) is 16.7. The monoisotopic (exact) mass is 384 g/mol. The number of nitrogens with one attached hydrogen (secondary N) is 2. The van der Waals surface area contributed by atoms with E-state index in [4.69, 9.17) is 9.47 Å².